The lowest BCUT2D eigenvalue weighted by atomic mass is 9.44. The minimum atomic E-state index is -2.65. The molecule has 0 heterocycles. The smallest absolute Gasteiger partial charge is 0.209 e. The molecule has 0 saturated carbocycles. The number of para-hydroxylation sites is 1. The summed E-state index contributed by atoms with van der Waals surface area (Å²) in [4.78, 5) is 41.3. The highest BCUT2D eigenvalue weighted by Crippen LogP contribution is 2.65. The molecule has 0 aromatic heterocycles. The Labute approximate surface area is 282 Å². The number of aromatic hydroxyl groups is 1. The number of phenols is 1. The van der Waals surface area contributed by atoms with E-state index in [0.717, 1.165) is 18.1 Å². The number of benzene rings is 2. The van der Waals surface area contributed by atoms with Crippen molar-refractivity contribution in [2.75, 3.05) is 5.32 Å². The van der Waals surface area contributed by atoms with Crippen LogP contribution in [0.2, 0.25) is 0 Å². The number of Topliss-reactive ketones (excluding diaryl/α,β-unsaturated/α-hetero) is 3. The molecule has 4 atom stereocenters. The number of ketones is 3. The molecule has 0 bridgehead atoms. The molecule has 0 radical (unpaired) electrons. The predicted octanol–water partition coefficient (Wildman–Crippen LogP) is 7.26. The normalized spacial score (nSPS) is 27.2. The number of aliphatic hydroxyl groups is 3. The predicted molar refractivity (Wildman–Crippen MR) is 183 cm³/mol. The molecule has 5 N–H and O–H groups in total. The van der Waals surface area contributed by atoms with Crippen LogP contribution < -0.4 is 10.1 Å². The number of hydrogen-bond donors (Lipinski definition) is 5. The van der Waals surface area contributed by atoms with Crippen molar-refractivity contribution in [3.05, 3.63) is 75.3 Å². The molecule has 2 aromatic rings. The van der Waals surface area contributed by atoms with Gasteiger partial charge >= 0.3 is 0 Å². The van der Waals surface area contributed by atoms with Crippen LogP contribution in [0.25, 0.3) is 0 Å². The zero-order chi connectivity index (χ0) is 35.9. The average Bonchev–Trinajstić information content (AvgIpc) is 2.94. The molecule has 1 unspecified atom stereocenters. The standard InChI is InChI=1S/C39H49NO8/c1-19(2)23-15-25(40-17-22-13-11-12-14-26(22)48-36(6,7)8)31(42)28-24(23)16-37(9)18-38(10)29(20(3)4)32(43)27(21(5)41)34(45)39(38,47)35(46)30(37)33(28)44/h11-15,19-20,29,40,42-43,46-47H,16-18H2,1-10H3/t29?,37-,38-,39+/m1/s1. The van der Waals surface area contributed by atoms with Crippen molar-refractivity contribution in [2.24, 2.45) is 22.7 Å². The summed E-state index contributed by atoms with van der Waals surface area (Å²) in [6.07, 6.45) is 0.277. The fourth-order valence-corrected chi connectivity index (χ4v) is 8.75. The molecule has 0 saturated heterocycles. The molecule has 3 aliphatic rings. The molecular formula is C39H49NO8. The van der Waals surface area contributed by atoms with Gasteiger partial charge in [-0.05, 0) is 75.6 Å². The largest absolute Gasteiger partial charge is 0.511 e. The summed E-state index contributed by atoms with van der Waals surface area (Å²) in [5.74, 6) is -4.66. The Morgan fingerprint density at radius 2 is 1.69 bits per heavy atom. The van der Waals surface area contributed by atoms with Crippen molar-refractivity contribution in [3.8, 4) is 11.5 Å². The van der Waals surface area contributed by atoms with E-state index in [0.29, 0.717) is 17.0 Å². The minimum absolute atomic E-state index is 0.00278. The summed E-state index contributed by atoms with van der Waals surface area (Å²) >= 11 is 0. The van der Waals surface area contributed by atoms with Crippen LogP contribution in [0.1, 0.15) is 109 Å². The molecular weight excluding hydrogens is 610 g/mol. The van der Waals surface area contributed by atoms with Crippen LogP contribution >= 0.6 is 0 Å². The maximum atomic E-state index is 14.6. The van der Waals surface area contributed by atoms with E-state index in [1.54, 1.807) is 6.92 Å². The summed E-state index contributed by atoms with van der Waals surface area (Å²) < 4.78 is 6.14. The Morgan fingerprint density at radius 3 is 2.25 bits per heavy atom. The Hall–Kier alpha value is -4.11. The van der Waals surface area contributed by atoms with Gasteiger partial charge in [0.25, 0.3) is 0 Å². The molecule has 5 rings (SSSR count). The fourth-order valence-electron chi connectivity index (χ4n) is 8.75. The first-order chi connectivity index (χ1) is 22.1. The third kappa shape index (κ3) is 5.13. The van der Waals surface area contributed by atoms with E-state index >= 15 is 0 Å². The Kier molecular flexibility index (Phi) is 8.44. The van der Waals surface area contributed by atoms with E-state index in [2.05, 4.69) is 5.32 Å². The second-order valence-electron chi connectivity index (χ2n) is 16.0. The van der Waals surface area contributed by atoms with Crippen molar-refractivity contribution < 1.29 is 39.5 Å². The van der Waals surface area contributed by atoms with E-state index in [1.807, 2.05) is 85.7 Å². The Balaban J connectivity index is 1.68. The van der Waals surface area contributed by atoms with Gasteiger partial charge in [-0.25, -0.2) is 0 Å². The van der Waals surface area contributed by atoms with Crippen LogP contribution in [0.15, 0.2) is 53.0 Å². The highest BCUT2D eigenvalue weighted by atomic mass is 16.5. The first-order valence-electron chi connectivity index (χ1n) is 16.7. The number of rotatable bonds is 7. The van der Waals surface area contributed by atoms with Crippen LogP contribution in [-0.2, 0) is 22.6 Å². The molecule has 0 aliphatic heterocycles. The number of allylic oxidation sites excluding steroid dienone is 2. The topological polar surface area (TPSA) is 153 Å². The minimum Gasteiger partial charge on any atom is -0.511 e. The highest BCUT2D eigenvalue weighted by Gasteiger charge is 2.71. The second kappa shape index (κ2) is 11.5. The van der Waals surface area contributed by atoms with Gasteiger partial charge in [0.05, 0.1) is 11.3 Å². The maximum Gasteiger partial charge on any atom is 0.209 e. The lowest BCUT2D eigenvalue weighted by molar-refractivity contribution is -0.171. The summed E-state index contributed by atoms with van der Waals surface area (Å²) in [7, 11) is 0. The molecule has 9 nitrogen and oxygen atoms in total. The second-order valence-corrected chi connectivity index (χ2v) is 16.0. The van der Waals surface area contributed by atoms with E-state index in [4.69, 9.17) is 4.74 Å². The third-order valence-corrected chi connectivity index (χ3v) is 10.5. The van der Waals surface area contributed by atoms with Crippen molar-refractivity contribution >= 4 is 23.0 Å². The van der Waals surface area contributed by atoms with E-state index in [-0.39, 0.29) is 48.1 Å². The van der Waals surface area contributed by atoms with Crippen LogP contribution in [0.4, 0.5) is 5.69 Å². The maximum absolute atomic E-state index is 14.6. The fraction of sp³-hybridized carbons (Fsp3) is 0.513. The van der Waals surface area contributed by atoms with Gasteiger partial charge in [0, 0.05) is 34.4 Å². The van der Waals surface area contributed by atoms with Crippen molar-refractivity contribution in [2.45, 2.75) is 106 Å². The Bertz CT molecular complexity index is 1790. The zero-order valence-corrected chi connectivity index (χ0v) is 29.7. The first kappa shape index (κ1) is 35.2. The number of anilines is 1. The third-order valence-electron chi connectivity index (χ3n) is 10.5. The van der Waals surface area contributed by atoms with Crippen LogP contribution in [0.5, 0.6) is 11.5 Å². The van der Waals surface area contributed by atoms with Gasteiger partial charge in [0.1, 0.15) is 34.2 Å². The number of ether oxygens (including phenoxy) is 1. The average molecular weight is 660 g/mol. The SMILES string of the molecule is CC(=O)C1=C(O)C(C(C)C)[C@@]2(C)C[C@@]3(C)Cc4c(C(C)C)cc(NCc5ccccc5OC(C)(C)C)c(O)c4C(=O)C3=C(O)[C@@]2(O)C1=O. The molecule has 0 fully saturated rings. The number of carbonyl (C=O) groups is 3. The van der Waals surface area contributed by atoms with Gasteiger partial charge in [-0.15, -0.1) is 0 Å². The van der Waals surface area contributed by atoms with Gasteiger partial charge in [0.15, 0.2) is 17.2 Å². The molecule has 258 valence electrons. The number of phenolic OH excluding ortho intramolecular Hbond substituents is 1. The van der Waals surface area contributed by atoms with Crippen LogP contribution in [0, 0.1) is 22.7 Å². The number of aliphatic hydroxyl groups excluding tert-OH is 2. The summed E-state index contributed by atoms with van der Waals surface area (Å²) in [6, 6.07) is 9.42. The summed E-state index contributed by atoms with van der Waals surface area (Å²) in [5.41, 5.74) is -3.73. The quantitative estimate of drug-likeness (QED) is 0.153. The molecule has 48 heavy (non-hydrogen) atoms. The number of hydrogen-bond acceptors (Lipinski definition) is 9. The zero-order valence-electron chi connectivity index (χ0n) is 29.7. The van der Waals surface area contributed by atoms with E-state index in [9.17, 15) is 34.8 Å². The Morgan fingerprint density at radius 1 is 1.06 bits per heavy atom. The van der Waals surface area contributed by atoms with Gasteiger partial charge in [-0.1, -0.05) is 59.7 Å². The van der Waals surface area contributed by atoms with Gasteiger partial charge in [-0.3, -0.25) is 14.4 Å². The summed E-state index contributed by atoms with van der Waals surface area (Å²) in [5, 5.41) is 50.7. The lowest BCUT2D eigenvalue weighted by Crippen LogP contribution is -2.67. The number of carbonyl (C=O) groups excluding carboxylic acids is 3. The van der Waals surface area contributed by atoms with E-state index in [1.165, 1.54) is 0 Å². The van der Waals surface area contributed by atoms with Crippen molar-refractivity contribution in [1.82, 2.24) is 0 Å². The molecule has 0 amide bonds. The van der Waals surface area contributed by atoms with Gasteiger partial charge in [-0.2, -0.15) is 0 Å². The number of fused-ring (bicyclic) bond motifs is 3. The van der Waals surface area contributed by atoms with Crippen LogP contribution in [0.3, 0.4) is 0 Å². The van der Waals surface area contributed by atoms with Gasteiger partial charge < -0.3 is 30.5 Å². The van der Waals surface area contributed by atoms with Gasteiger partial charge in [0.2, 0.25) is 5.78 Å². The van der Waals surface area contributed by atoms with Crippen LogP contribution in [-0.4, -0.2) is 49.0 Å². The number of nitrogens with one attached hydrogen (secondary N) is 1. The van der Waals surface area contributed by atoms with E-state index < -0.39 is 62.4 Å². The summed E-state index contributed by atoms with van der Waals surface area (Å²) in [6.45, 7) is 18.4. The molecule has 0 spiro atoms. The molecule has 3 aliphatic carbocycles. The first-order valence-corrected chi connectivity index (χ1v) is 16.7. The molecule has 9 heteroatoms. The lowest BCUT2D eigenvalue weighted by Gasteiger charge is -2.59. The van der Waals surface area contributed by atoms with Crippen molar-refractivity contribution in [3.63, 3.8) is 0 Å². The monoisotopic (exact) mass is 659 g/mol. The molecule has 2 aromatic carbocycles. The highest BCUT2D eigenvalue weighted by molar-refractivity contribution is 6.25. The van der Waals surface area contributed by atoms with Crippen molar-refractivity contribution in [1.29, 1.82) is 0 Å².